The first kappa shape index (κ1) is 16.7. The van der Waals surface area contributed by atoms with Crippen molar-refractivity contribution in [1.82, 2.24) is 0 Å². The Morgan fingerprint density at radius 3 is 2.46 bits per heavy atom. The second-order valence-corrected chi connectivity index (χ2v) is 6.51. The molecule has 1 amide bonds. The molecule has 3 rings (SSSR count). The van der Waals surface area contributed by atoms with Crippen LogP contribution in [0.5, 0.6) is 11.5 Å². The molecule has 0 unspecified atom stereocenters. The number of nitrogens with one attached hydrogen (secondary N) is 1. The molecule has 1 heterocycles. The van der Waals surface area contributed by atoms with Crippen molar-refractivity contribution in [2.45, 2.75) is 27.2 Å². The molecule has 0 saturated heterocycles. The van der Waals surface area contributed by atoms with E-state index in [-0.39, 0.29) is 12.3 Å². The van der Waals surface area contributed by atoms with Gasteiger partial charge in [0.1, 0.15) is 13.2 Å². The van der Waals surface area contributed by atoms with Crippen molar-refractivity contribution in [3.63, 3.8) is 0 Å². The zero-order valence-corrected chi connectivity index (χ0v) is 14.8. The minimum Gasteiger partial charge on any atom is -0.486 e. The van der Waals surface area contributed by atoms with Crippen LogP contribution in [0.1, 0.15) is 22.3 Å². The number of anilines is 1. The van der Waals surface area contributed by atoms with E-state index in [4.69, 9.17) is 21.1 Å². The highest BCUT2D eigenvalue weighted by Crippen LogP contribution is 2.38. The van der Waals surface area contributed by atoms with E-state index in [2.05, 4.69) is 17.4 Å². The van der Waals surface area contributed by atoms with Gasteiger partial charge in [-0.2, -0.15) is 0 Å². The molecule has 2 aromatic carbocycles. The van der Waals surface area contributed by atoms with Gasteiger partial charge in [0.25, 0.3) is 0 Å². The molecular formula is C19H20ClNO3. The van der Waals surface area contributed by atoms with E-state index in [1.807, 2.05) is 26.8 Å². The molecule has 24 heavy (non-hydrogen) atoms. The number of carbonyl (C=O) groups is 1. The number of hydrogen-bond acceptors (Lipinski definition) is 3. The van der Waals surface area contributed by atoms with Crippen molar-refractivity contribution in [1.29, 1.82) is 0 Å². The van der Waals surface area contributed by atoms with E-state index in [1.165, 1.54) is 5.56 Å². The molecule has 0 saturated carbocycles. The molecule has 0 spiro atoms. The van der Waals surface area contributed by atoms with Gasteiger partial charge in [-0.25, -0.2) is 0 Å². The molecule has 1 aliphatic rings. The van der Waals surface area contributed by atoms with E-state index in [1.54, 1.807) is 6.07 Å². The summed E-state index contributed by atoms with van der Waals surface area (Å²) in [6, 6.07) is 7.69. The normalized spacial score (nSPS) is 12.8. The van der Waals surface area contributed by atoms with Gasteiger partial charge >= 0.3 is 0 Å². The number of rotatable bonds is 3. The van der Waals surface area contributed by atoms with Crippen LogP contribution in [-0.4, -0.2) is 19.1 Å². The van der Waals surface area contributed by atoms with E-state index in [9.17, 15) is 4.79 Å². The molecule has 4 nitrogen and oxygen atoms in total. The Morgan fingerprint density at radius 2 is 1.75 bits per heavy atom. The van der Waals surface area contributed by atoms with Crippen molar-refractivity contribution in [2.75, 3.05) is 18.5 Å². The Kier molecular flexibility index (Phi) is 4.67. The lowest BCUT2D eigenvalue weighted by atomic mass is 10.0. The minimum absolute atomic E-state index is 0.0854. The van der Waals surface area contributed by atoms with Gasteiger partial charge in [0.2, 0.25) is 5.91 Å². The maximum absolute atomic E-state index is 12.4. The molecule has 126 valence electrons. The Bertz CT molecular complexity index is 778. The maximum Gasteiger partial charge on any atom is 0.228 e. The SMILES string of the molecule is Cc1cc(C)c(NC(=O)Cc2cc(Cl)c3c(c2)OCCO3)c(C)c1. The largest absolute Gasteiger partial charge is 0.486 e. The summed E-state index contributed by atoms with van der Waals surface area (Å²) in [4.78, 5) is 12.4. The minimum atomic E-state index is -0.0854. The standard InChI is InChI=1S/C19H20ClNO3/c1-11-6-12(2)18(13(3)7-11)21-17(22)10-14-8-15(20)19-16(9-14)23-4-5-24-19/h6-9H,4-5,10H2,1-3H3,(H,21,22). The number of amides is 1. The van der Waals surface area contributed by atoms with Crippen molar-refractivity contribution < 1.29 is 14.3 Å². The lowest BCUT2D eigenvalue weighted by Crippen LogP contribution is -2.18. The van der Waals surface area contributed by atoms with Gasteiger partial charge in [0.15, 0.2) is 11.5 Å². The molecule has 0 fully saturated rings. The van der Waals surface area contributed by atoms with Gasteiger partial charge in [0.05, 0.1) is 11.4 Å². The highest BCUT2D eigenvalue weighted by atomic mass is 35.5. The summed E-state index contributed by atoms with van der Waals surface area (Å²) >= 11 is 6.22. The predicted molar refractivity (Wildman–Crippen MR) is 95.4 cm³/mol. The fourth-order valence-electron chi connectivity index (χ4n) is 3.01. The van der Waals surface area contributed by atoms with Crippen LogP contribution in [0.4, 0.5) is 5.69 Å². The molecule has 0 radical (unpaired) electrons. The zero-order chi connectivity index (χ0) is 17.3. The number of fused-ring (bicyclic) bond motifs is 1. The first-order valence-electron chi connectivity index (χ1n) is 7.90. The van der Waals surface area contributed by atoms with E-state index in [0.29, 0.717) is 29.7 Å². The molecule has 1 aliphatic heterocycles. The van der Waals surface area contributed by atoms with Crippen molar-refractivity contribution in [2.24, 2.45) is 0 Å². The van der Waals surface area contributed by atoms with Crippen LogP contribution >= 0.6 is 11.6 Å². The van der Waals surface area contributed by atoms with Crippen LogP contribution in [0.25, 0.3) is 0 Å². The average molecular weight is 346 g/mol. The summed E-state index contributed by atoms with van der Waals surface area (Å²) in [5.41, 5.74) is 4.96. The highest BCUT2D eigenvalue weighted by Gasteiger charge is 2.18. The Balaban J connectivity index is 1.77. The first-order valence-corrected chi connectivity index (χ1v) is 8.27. The molecule has 5 heteroatoms. The van der Waals surface area contributed by atoms with Crippen LogP contribution in [0.15, 0.2) is 24.3 Å². The van der Waals surface area contributed by atoms with Gasteiger partial charge in [-0.05, 0) is 49.6 Å². The second kappa shape index (κ2) is 6.73. The monoisotopic (exact) mass is 345 g/mol. The Labute approximate surface area is 146 Å². The third kappa shape index (κ3) is 3.49. The maximum atomic E-state index is 12.4. The van der Waals surface area contributed by atoms with Crippen LogP contribution < -0.4 is 14.8 Å². The second-order valence-electron chi connectivity index (χ2n) is 6.10. The first-order chi connectivity index (χ1) is 11.4. The fourth-order valence-corrected chi connectivity index (χ4v) is 3.30. The third-order valence-electron chi connectivity index (χ3n) is 3.96. The summed E-state index contributed by atoms with van der Waals surface area (Å²) in [6.07, 6.45) is 0.225. The van der Waals surface area contributed by atoms with Crippen LogP contribution in [0.2, 0.25) is 5.02 Å². The highest BCUT2D eigenvalue weighted by molar-refractivity contribution is 6.32. The number of carbonyl (C=O) groups excluding carboxylic acids is 1. The molecule has 1 N–H and O–H groups in total. The van der Waals surface area contributed by atoms with Gasteiger partial charge < -0.3 is 14.8 Å². The van der Waals surface area contributed by atoms with E-state index >= 15 is 0 Å². The number of benzene rings is 2. The summed E-state index contributed by atoms with van der Waals surface area (Å²) in [5, 5.41) is 3.47. The number of aryl methyl sites for hydroxylation is 3. The molecular weight excluding hydrogens is 326 g/mol. The number of halogens is 1. The smallest absolute Gasteiger partial charge is 0.228 e. The van der Waals surface area contributed by atoms with Crippen LogP contribution in [0, 0.1) is 20.8 Å². The van der Waals surface area contributed by atoms with Crippen LogP contribution in [0.3, 0.4) is 0 Å². The van der Waals surface area contributed by atoms with Gasteiger partial charge in [-0.1, -0.05) is 29.3 Å². The van der Waals surface area contributed by atoms with Crippen molar-refractivity contribution in [3.8, 4) is 11.5 Å². The lowest BCUT2D eigenvalue weighted by molar-refractivity contribution is -0.115. The summed E-state index contributed by atoms with van der Waals surface area (Å²) in [6.45, 7) is 7.01. The quantitative estimate of drug-likeness (QED) is 0.906. The number of ether oxygens (including phenoxy) is 2. The Hall–Kier alpha value is -2.20. The molecule has 0 aliphatic carbocycles. The van der Waals surface area contributed by atoms with Gasteiger partial charge in [-0.3, -0.25) is 4.79 Å². The topological polar surface area (TPSA) is 47.6 Å². The fraction of sp³-hybridized carbons (Fsp3) is 0.316. The molecule has 0 aromatic heterocycles. The van der Waals surface area contributed by atoms with E-state index in [0.717, 1.165) is 22.4 Å². The Morgan fingerprint density at radius 1 is 1.08 bits per heavy atom. The lowest BCUT2D eigenvalue weighted by Gasteiger charge is -2.20. The zero-order valence-electron chi connectivity index (χ0n) is 14.0. The molecule has 0 atom stereocenters. The van der Waals surface area contributed by atoms with E-state index < -0.39 is 0 Å². The summed E-state index contributed by atoms with van der Waals surface area (Å²) < 4.78 is 11.1. The average Bonchev–Trinajstić information content (AvgIpc) is 2.51. The number of hydrogen-bond donors (Lipinski definition) is 1. The van der Waals surface area contributed by atoms with Crippen LogP contribution in [-0.2, 0) is 11.2 Å². The molecule has 0 bridgehead atoms. The third-order valence-corrected chi connectivity index (χ3v) is 4.24. The van der Waals surface area contributed by atoms with Crippen molar-refractivity contribution >= 4 is 23.2 Å². The van der Waals surface area contributed by atoms with Gasteiger partial charge in [0, 0.05) is 5.69 Å². The van der Waals surface area contributed by atoms with Crippen molar-refractivity contribution in [3.05, 3.63) is 51.5 Å². The summed E-state index contributed by atoms with van der Waals surface area (Å²) in [5.74, 6) is 1.06. The van der Waals surface area contributed by atoms with Gasteiger partial charge in [-0.15, -0.1) is 0 Å². The molecule has 2 aromatic rings. The summed E-state index contributed by atoms with van der Waals surface area (Å²) in [7, 11) is 0. The predicted octanol–water partition coefficient (Wildman–Crippen LogP) is 4.22.